The van der Waals surface area contributed by atoms with E-state index in [0.29, 0.717) is 33.3 Å². The maximum absolute atomic E-state index is 14.1. The second kappa shape index (κ2) is 9.91. The standard InChI is InChI=1S/C27H23ClFNO6/c1-14-5-7-16(28)12-19(14)30-24(15-6-9-21(35-3)22(11-15)36-4)23(26(32)27(30)33)25(31)18-13-17(29)8-10-20(18)34-2/h5-13,24,31H,1-4H3/b25-23+. The lowest BCUT2D eigenvalue weighted by molar-refractivity contribution is -0.132. The highest BCUT2D eigenvalue weighted by Crippen LogP contribution is 2.46. The normalized spacial score (nSPS) is 16.8. The number of amides is 1. The van der Waals surface area contributed by atoms with Crippen LogP contribution in [-0.4, -0.2) is 38.1 Å². The van der Waals surface area contributed by atoms with Gasteiger partial charge in [-0.15, -0.1) is 0 Å². The van der Waals surface area contributed by atoms with Crippen LogP contribution in [0.3, 0.4) is 0 Å². The molecule has 1 fully saturated rings. The molecule has 1 amide bonds. The van der Waals surface area contributed by atoms with Gasteiger partial charge in [-0.25, -0.2) is 4.39 Å². The first-order valence-corrected chi connectivity index (χ1v) is 11.2. The molecule has 1 aliphatic rings. The van der Waals surface area contributed by atoms with Gasteiger partial charge in [0.25, 0.3) is 11.7 Å². The number of aryl methyl sites for hydroxylation is 1. The van der Waals surface area contributed by atoms with Gasteiger partial charge >= 0.3 is 0 Å². The van der Waals surface area contributed by atoms with Crippen molar-refractivity contribution in [1.82, 2.24) is 0 Å². The minimum atomic E-state index is -1.09. The lowest BCUT2D eigenvalue weighted by atomic mass is 9.94. The number of hydrogen-bond donors (Lipinski definition) is 1. The summed E-state index contributed by atoms with van der Waals surface area (Å²) in [6.45, 7) is 1.77. The van der Waals surface area contributed by atoms with Gasteiger partial charge in [0.2, 0.25) is 0 Å². The van der Waals surface area contributed by atoms with Crippen LogP contribution in [0.25, 0.3) is 5.76 Å². The Morgan fingerprint density at radius 2 is 1.58 bits per heavy atom. The smallest absolute Gasteiger partial charge is 0.300 e. The molecule has 1 atom stereocenters. The van der Waals surface area contributed by atoms with E-state index >= 15 is 0 Å². The van der Waals surface area contributed by atoms with Crippen molar-refractivity contribution in [2.45, 2.75) is 13.0 Å². The highest BCUT2D eigenvalue weighted by Gasteiger charge is 2.48. The van der Waals surface area contributed by atoms with E-state index in [1.54, 1.807) is 43.3 Å². The third-order valence-electron chi connectivity index (χ3n) is 6.02. The zero-order valence-electron chi connectivity index (χ0n) is 20.0. The van der Waals surface area contributed by atoms with E-state index in [2.05, 4.69) is 0 Å². The number of benzene rings is 3. The average Bonchev–Trinajstić information content (AvgIpc) is 3.14. The van der Waals surface area contributed by atoms with Gasteiger partial charge in [-0.2, -0.15) is 0 Å². The molecule has 0 bridgehead atoms. The Morgan fingerprint density at radius 1 is 0.917 bits per heavy atom. The number of Topliss-reactive ketones (excluding diaryl/α,β-unsaturated/α-hetero) is 1. The minimum absolute atomic E-state index is 0.0659. The average molecular weight is 512 g/mol. The zero-order valence-corrected chi connectivity index (χ0v) is 20.7. The maximum Gasteiger partial charge on any atom is 0.300 e. The van der Waals surface area contributed by atoms with Crippen LogP contribution < -0.4 is 19.1 Å². The van der Waals surface area contributed by atoms with E-state index < -0.39 is 29.3 Å². The first kappa shape index (κ1) is 25.1. The number of ketones is 1. The predicted molar refractivity (Wildman–Crippen MR) is 133 cm³/mol. The molecule has 0 aromatic heterocycles. The SMILES string of the molecule is COc1ccc(C2/C(=C(\O)c3cc(F)ccc3OC)C(=O)C(=O)N2c2cc(Cl)ccc2C)cc1OC. The molecule has 1 N–H and O–H groups in total. The highest BCUT2D eigenvalue weighted by molar-refractivity contribution is 6.52. The largest absolute Gasteiger partial charge is 0.507 e. The van der Waals surface area contributed by atoms with Crippen LogP contribution in [0.2, 0.25) is 5.02 Å². The predicted octanol–water partition coefficient (Wildman–Crippen LogP) is 5.44. The third-order valence-corrected chi connectivity index (χ3v) is 6.25. The van der Waals surface area contributed by atoms with Crippen molar-refractivity contribution in [3.05, 3.63) is 87.7 Å². The number of anilines is 1. The fourth-order valence-electron chi connectivity index (χ4n) is 4.27. The van der Waals surface area contributed by atoms with Crippen molar-refractivity contribution in [2.75, 3.05) is 26.2 Å². The van der Waals surface area contributed by atoms with Gasteiger partial charge in [0, 0.05) is 10.7 Å². The first-order chi connectivity index (χ1) is 17.2. The van der Waals surface area contributed by atoms with Crippen LogP contribution in [0.1, 0.15) is 22.7 Å². The number of halogens is 2. The molecule has 186 valence electrons. The topological polar surface area (TPSA) is 85.3 Å². The Balaban J connectivity index is 2.04. The quantitative estimate of drug-likeness (QED) is 0.269. The van der Waals surface area contributed by atoms with E-state index in [1.165, 1.54) is 32.3 Å². The number of rotatable bonds is 6. The number of carbonyl (C=O) groups excluding carboxylic acids is 2. The molecule has 0 radical (unpaired) electrons. The second-order valence-corrected chi connectivity index (χ2v) is 8.50. The summed E-state index contributed by atoms with van der Waals surface area (Å²) < 4.78 is 30.2. The van der Waals surface area contributed by atoms with Gasteiger partial charge in [0.15, 0.2) is 11.5 Å². The summed E-state index contributed by atoms with van der Waals surface area (Å²) in [7, 11) is 4.29. The van der Waals surface area contributed by atoms with Gasteiger partial charge < -0.3 is 19.3 Å². The fraction of sp³-hybridized carbons (Fsp3) is 0.185. The molecule has 1 heterocycles. The molecule has 36 heavy (non-hydrogen) atoms. The zero-order chi connectivity index (χ0) is 26.1. The fourth-order valence-corrected chi connectivity index (χ4v) is 4.44. The van der Waals surface area contributed by atoms with Crippen LogP contribution in [0.5, 0.6) is 17.2 Å². The lowest BCUT2D eigenvalue weighted by Gasteiger charge is -2.27. The number of carbonyl (C=O) groups is 2. The molecule has 3 aromatic rings. The summed E-state index contributed by atoms with van der Waals surface area (Å²) in [5.41, 5.74) is 1.20. The van der Waals surface area contributed by atoms with Crippen LogP contribution >= 0.6 is 11.6 Å². The molecule has 0 saturated carbocycles. The lowest BCUT2D eigenvalue weighted by Crippen LogP contribution is -2.30. The number of aliphatic hydroxyl groups excluding tert-OH is 1. The van der Waals surface area contributed by atoms with Crippen LogP contribution in [-0.2, 0) is 9.59 Å². The Kier molecular flexibility index (Phi) is 6.90. The van der Waals surface area contributed by atoms with Gasteiger partial charge in [-0.3, -0.25) is 14.5 Å². The summed E-state index contributed by atoms with van der Waals surface area (Å²) in [5.74, 6) is -2.14. The molecule has 1 saturated heterocycles. The van der Waals surface area contributed by atoms with Crippen LogP contribution in [0, 0.1) is 12.7 Å². The molecule has 3 aromatic carbocycles. The molecular weight excluding hydrogens is 489 g/mol. The number of methoxy groups -OCH3 is 3. The van der Waals surface area contributed by atoms with Crippen molar-refractivity contribution in [1.29, 1.82) is 0 Å². The summed E-state index contributed by atoms with van der Waals surface area (Å²) in [4.78, 5) is 28.1. The number of ether oxygens (including phenoxy) is 3. The van der Waals surface area contributed by atoms with E-state index in [9.17, 15) is 19.1 Å². The summed E-state index contributed by atoms with van der Waals surface area (Å²) in [6, 6.07) is 12.3. The van der Waals surface area contributed by atoms with Crippen LogP contribution in [0.15, 0.2) is 60.2 Å². The van der Waals surface area contributed by atoms with Crippen molar-refractivity contribution >= 4 is 34.7 Å². The van der Waals surface area contributed by atoms with E-state index in [0.717, 1.165) is 12.1 Å². The molecule has 1 aliphatic heterocycles. The Morgan fingerprint density at radius 3 is 2.25 bits per heavy atom. The molecule has 1 unspecified atom stereocenters. The summed E-state index contributed by atoms with van der Waals surface area (Å²) in [5, 5.41) is 11.7. The Bertz CT molecular complexity index is 1400. The van der Waals surface area contributed by atoms with E-state index in [-0.39, 0.29) is 16.9 Å². The highest BCUT2D eigenvalue weighted by atomic mass is 35.5. The van der Waals surface area contributed by atoms with Gasteiger partial charge in [0.05, 0.1) is 38.5 Å². The third kappa shape index (κ3) is 4.24. The van der Waals surface area contributed by atoms with Gasteiger partial charge in [-0.1, -0.05) is 23.7 Å². The monoisotopic (exact) mass is 511 g/mol. The Labute approximate surface area is 212 Å². The molecule has 4 rings (SSSR count). The molecule has 0 spiro atoms. The van der Waals surface area contributed by atoms with E-state index in [4.69, 9.17) is 25.8 Å². The molecular formula is C27H23ClFNO6. The number of aliphatic hydroxyl groups is 1. The Hall–Kier alpha value is -4.04. The second-order valence-electron chi connectivity index (χ2n) is 8.06. The molecule has 9 heteroatoms. The summed E-state index contributed by atoms with van der Waals surface area (Å²) >= 11 is 6.23. The number of hydrogen-bond acceptors (Lipinski definition) is 6. The molecule has 0 aliphatic carbocycles. The van der Waals surface area contributed by atoms with Crippen molar-refractivity contribution < 1.29 is 33.3 Å². The van der Waals surface area contributed by atoms with E-state index in [1.807, 2.05) is 0 Å². The van der Waals surface area contributed by atoms with Crippen molar-refractivity contribution in [3.63, 3.8) is 0 Å². The molecule has 7 nitrogen and oxygen atoms in total. The number of nitrogens with zero attached hydrogens (tertiary/aromatic N) is 1. The summed E-state index contributed by atoms with van der Waals surface area (Å²) in [6.07, 6.45) is 0. The minimum Gasteiger partial charge on any atom is -0.507 e. The first-order valence-electron chi connectivity index (χ1n) is 10.8. The van der Waals surface area contributed by atoms with Crippen LogP contribution in [0.4, 0.5) is 10.1 Å². The van der Waals surface area contributed by atoms with Gasteiger partial charge in [-0.05, 0) is 60.5 Å². The van der Waals surface area contributed by atoms with Crippen molar-refractivity contribution in [2.24, 2.45) is 0 Å². The van der Waals surface area contributed by atoms with Gasteiger partial charge in [0.1, 0.15) is 17.3 Å². The van der Waals surface area contributed by atoms with Crippen molar-refractivity contribution in [3.8, 4) is 17.2 Å². The maximum atomic E-state index is 14.1.